The molecule has 1 unspecified atom stereocenters. The molecule has 2 fully saturated rings. The van der Waals surface area contributed by atoms with Crippen LogP contribution in [0.1, 0.15) is 19.4 Å². The molecule has 9 heteroatoms. The van der Waals surface area contributed by atoms with E-state index in [1.165, 1.54) is 12.9 Å². The van der Waals surface area contributed by atoms with Crippen LogP contribution in [-0.2, 0) is 34.6 Å². The van der Waals surface area contributed by atoms with E-state index in [1.807, 2.05) is 30.3 Å². The lowest BCUT2D eigenvalue weighted by Gasteiger charge is -2.36. The molecule has 3 aliphatic heterocycles. The van der Waals surface area contributed by atoms with Gasteiger partial charge in [0.25, 0.3) is 7.52 Å². The van der Waals surface area contributed by atoms with Gasteiger partial charge in [0.1, 0.15) is 17.7 Å². The highest BCUT2D eigenvalue weighted by atomic mass is 31.2. The molecule has 0 aromatic heterocycles. The van der Waals surface area contributed by atoms with Crippen molar-refractivity contribution in [1.82, 2.24) is 5.09 Å². The summed E-state index contributed by atoms with van der Waals surface area (Å²) in [5.74, 6) is 0.595. The summed E-state index contributed by atoms with van der Waals surface area (Å²) >= 11 is 0. The molecule has 148 valence electrons. The Morgan fingerprint density at radius 2 is 2.00 bits per heavy atom. The molecule has 8 nitrogen and oxygen atoms in total. The monoisotopic (exact) mass is 396 g/mol. The van der Waals surface area contributed by atoms with Crippen molar-refractivity contribution in [3.05, 3.63) is 47.4 Å². The van der Waals surface area contributed by atoms with E-state index >= 15 is 0 Å². The lowest BCUT2D eigenvalue weighted by Crippen LogP contribution is -2.60. The van der Waals surface area contributed by atoms with Crippen molar-refractivity contribution in [1.29, 1.82) is 0 Å². The van der Waals surface area contributed by atoms with Crippen molar-refractivity contribution >= 4 is 7.52 Å². The molecule has 0 amide bonds. The summed E-state index contributed by atoms with van der Waals surface area (Å²) in [5.41, 5.74) is 6.68. The van der Waals surface area contributed by atoms with Crippen LogP contribution >= 0.6 is 7.52 Å². The van der Waals surface area contributed by atoms with Gasteiger partial charge in [-0.3, -0.25) is 4.57 Å². The van der Waals surface area contributed by atoms with Crippen LogP contribution in [0, 0.1) is 0 Å². The third-order valence-corrected chi connectivity index (χ3v) is 6.93. The Labute approximate surface area is 158 Å². The van der Waals surface area contributed by atoms with Gasteiger partial charge in [0, 0.05) is 18.6 Å². The van der Waals surface area contributed by atoms with Crippen LogP contribution in [0.4, 0.5) is 0 Å². The number of nitrogens with two attached hydrogens (primary N) is 1. The molecule has 0 radical (unpaired) electrons. The van der Waals surface area contributed by atoms with Crippen LogP contribution in [-0.4, -0.2) is 43.5 Å². The molecule has 1 aromatic carbocycles. The van der Waals surface area contributed by atoms with Crippen LogP contribution in [0.25, 0.3) is 0 Å². The van der Waals surface area contributed by atoms with Crippen LogP contribution in [0.2, 0.25) is 0 Å². The van der Waals surface area contributed by atoms with Crippen molar-refractivity contribution in [2.24, 2.45) is 5.73 Å². The van der Waals surface area contributed by atoms with Crippen LogP contribution in [0.5, 0.6) is 0 Å². The molecular formula is C18H25N2O6P. The summed E-state index contributed by atoms with van der Waals surface area (Å²) in [7, 11) is -1.87. The lowest BCUT2D eigenvalue weighted by atomic mass is 9.87. The Morgan fingerprint density at radius 1 is 1.26 bits per heavy atom. The molecule has 27 heavy (non-hydrogen) atoms. The van der Waals surface area contributed by atoms with E-state index in [2.05, 4.69) is 5.09 Å². The normalized spacial score (nSPS) is 39.7. The number of hydrogen-bond acceptors (Lipinski definition) is 7. The van der Waals surface area contributed by atoms with Crippen molar-refractivity contribution < 1.29 is 28.0 Å². The van der Waals surface area contributed by atoms with Gasteiger partial charge in [0.2, 0.25) is 0 Å². The number of nitrogens with one attached hydrogen (secondary N) is 1. The summed E-state index contributed by atoms with van der Waals surface area (Å²) in [6.45, 7) is 4.24. The first-order chi connectivity index (χ1) is 12.8. The van der Waals surface area contributed by atoms with Crippen molar-refractivity contribution in [3.63, 3.8) is 0 Å². The molecule has 0 bridgehead atoms. The molecule has 1 spiro atoms. The van der Waals surface area contributed by atoms with E-state index < -0.39 is 37.3 Å². The first-order valence-electron chi connectivity index (χ1n) is 8.84. The van der Waals surface area contributed by atoms with E-state index in [9.17, 15) is 4.57 Å². The highest BCUT2D eigenvalue weighted by molar-refractivity contribution is 7.60. The molecule has 3 heterocycles. The zero-order valence-corrected chi connectivity index (χ0v) is 16.5. The number of rotatable bonds is 5. The quantitative estimate of drug-likeness (QED) is 0.730. The maximum absolute atomic E-state index is 12.9. The van der Waals surface area contributed by atoms with E-state index in [4.69, 9.17) is 29.2 Å². The first-order valence-corrected chi connectivity index (χ1v) is 10.5. The Kier molecular flexibility index (Phi) is 4.71. The lowest BCUT2D eigenvalue weighted by molar-refractivity contribution is -0.216. The largest absolute Gasteiger partial charge is 0.400 e. The standard InChI is InChI=1S/C18H25N2O6P/c1-17(2)25-15-16(26-17)24-14(10-23-9-12-7-5-4-6-8-12)18(15)13(19)11-27(21,20-18)22-3/h4-8,11,14-16H,9-10,19H2,1-3H3,(H,20,21)/t14-,15+,16-,18-,27?/m1/s1. The van der Waals surface area contributed by atoms with Gasteiger partial charge in [-0.15, -0.1) is 0 Å². The number of benzene rings is 1. The molecule has 3 aliphatic rings. The number of hydrogen-bond donors (Lipinski definition) is 2. The Bertz CT molecular complexity index is 785. The van der Waals surface area contributed by atoms with Crippen LogP contribution < -0.4 is 10.8 Å². The van der Waals surface area contributed by atoms with Crippen molar-refractivity contribution in [3.8, 4) is 0 Å². The Balaban J connectivity index is 1.56. The second kappa shape index (κ2) is 6.67. The van der Waals surface area contributed by atoms with Crippen molar-refractivity contribution in [2.75, 3.05) is 13.7 Å². The molecule has 3 N–H and O–H groups in total. The molecule has 5 atom stereocenters. The maximum atomic E-state index is 12.9. The van der Waals surface area contributed by atoms with E-state index in [0.29, 0.717) is 12.3 Å². The second-order valence-corrected chi connectivity index (χ2v) is 9.44. The fraction of sp³-hybridized carbons (Fsp3) is 0.556. The van der Waals surface area contributed by atoms with Gasteiger partial charge in [-0.2, -0.15) is 0 Å². The van der Waals surface area contributed by atoms with E-state index in [1.54, 1.807) is 13.8 Å². The first kappa shape index (κ1) is 19.1. The number of ether oxygens (including phenoxy) is 4. The van der Waals surface area contributed by atoms with Crippen LogP contribution in [0.15, 0.2) is 41.8 Å². The summed E-state index contributed by atoms with van der Waals surface area (Å²) in [4.78, 5) is 0. The summed E-state index contributed by atoms with van der Waals surface area (Å²) in [6, 6.07) is 9.82. The topological polar surface area (TPSA) is 101 Å². The molecule has 2 saturated heterocycles. The highest BCUT2D eigenvalue weighted by Gasteiger charge is 2.68. The Hall–Kier alpha value is -1.25. The maximum Gasteiger partial charge on any atom is 0.295 e. The van der Waals surface area contributed by atoms with Gasteiger partial charge in [-0.25, -0.2) is 5.09 Å². The molecule has 4 rings (SSSR count). The summed E-state index contributed by atoms with van der Waals surface area (Å²) < 4.78 is 41.9. The Morgan fingerprint density at radius 3 is 2.67 bits per heavy atom. The van der Waals surface area contributed by atoms with Gasteiger partial charge in [-0.05, 0) is 19.4 Å². The predicted octanol–water partition coefficient (Wildman–Crippen LogP) is 2.06. The zero-order chi connectivity index (χ0) is 19.3. The van der Waals surface area contributed by atoms with Crippen molar-refractivity contribution in [2.45, 2.75) is 50.3 Å². The predicted molar refractivity (Wildman–Crippen MR) is 97.5 cm³/mol. The highest BCUT2D eigenvalue weighted by Crippen LogP contribution is 2.58. The number of fused-ring (bicyclic) bond motifs is 2. The van der Waals surface area contributed by atoms with Gasteiger partial charge in [0.05, 0.1) is 13.2 Å². The average Bonchev–Trinajstić information content (AvgIpc) is 3.18. The molecule has 0 saturated carbocycles. The van der Waals surface area contributed by atoms with Crippen LogP contribution in [0.3, 0.4) is 0 Å². The molecular weight excluding hydrogens is 371 g/mol. The fourth-order valence-electron chi connectivity index (χ4n) is 3.85. The minimum Gasteiger partial charge on any atom is -0.400 e. The second-order valence-electron chi connectivity index (χ2n) is 7.39. The van der Waals surface area contributed by atoms with Gasteiger partial charge in [-0.1, -0.05) is 30.3 Å². The average molecular weight is 396 g/mol. The minimum atomic E-state index is -3.25. The van der Waals surface area contributed by atoms with E-state index in [0.717, 1.165) is 5.56 Å². The van der Waals surface area contributed by atoms with E-state index in [-0.39, 0.29) is 6.61 Å². The fourth-order valence-corrected chi connectivity index (χ4v) is 5.60. The van der Waals surface area contributed by atoms with Gasteiger partial charge >= 0.3 is 0 Å². The smallest absolute Gasteiger partial charge is 0.295 e. The minimum absolute atomic E-state index is 0.223. The van der Waals surface area contributed by atoms with Gasteiger partial charge in [0.15, 0.2) is 12.1 Å². The molecule has 0 aliphatic carbocycles. The zero-order valence-electron chi connectivity index (χ0n) is 15.6. The molecule has 1 aromatic rings. The summed E-state index contributed by atoms with van der Waals surface area (Å²) in [5, 5.41) is 3.06. The van der Waals surface area contributed by atoms with Gasteiger partial charge < -0.3 is 29.2 Å². The summed E-state index contributed by atoms with van der Waals surface area (Å²) in [6.07, 6.45) is -1.76. The SMILES string of the molecule is COP1(=O)C=C(N)[C@@]2(N1)[C@@H](COCc1ccccc1)O[C@@H]1OC(C)(C)O[C@@H]12. The third kappa shape index (κ3) is 3.25. The third-order valence-electron chi connectivity index (χ3n) is 5.09.